The van der Waals surface area contributed by atoms with E-state index >= 15 is 0 Å². The molecule has 1 atom stereocenters. The summed E-state index contributed by atoms with van der Waals surface area (Å²) in [4.78, 5) is 13.0. The van der Waals surface area contributed by atoms with E-state index in [1.807, 2.05) is 0 Å². The second-order valence-electron chi connectivity index (χ2n) is 2.50. The van der Waals surface area contributed by atoms with Crippen molar-refractivity contribution in [2.45, 2.75) is 6.04 Å². The highest BCUT2D eigenvalue weighted by atomic mass is 19.1. The lowest BCUT2D eigenvalue weighted by Crippen LogP contribution is -2.08. The molecule has 0 spiro atoms. The van der Waals surface area contributed by atoms with Crippen molar-refractivity contribution in [1.29, 1.82) is 0 Å². The zero-order valence-corrected chi connectivity index (χ0v) is 6.96. The number of rotatable bonds is 3. The van der Waals surface area contributed by atoms with Crippen LogP contribution in [0, 0.1) is 5.82 Å². The number of aliphatic carboxylic acids is 1. The van der Waals surface area contributed by atoms with Gasteiger partial charge in [0.15, 0.2) is 6.04 Å². The molecular weight excluding hydrogens is 189 g/mol. The summed E-state index contributed by atoms with van der Waals surface area (Å²) in [6, 6.07) is 3.45. The van der Waals surface area contributed by atoms with E-state index in [0.29, 0.717) is 0 Å². The first kappa shape index (κ1) is 10.0. The summed E-state index contributed by atoms with van der Waals surface area (Å²) >= 11 is 0. The molecule has 0 radical (unpaired) electrons. The number of benzene rings is 1. The Hall–Kier alpha value is -2.07. The van der Waals surface area contributed by atoms with E-state index in [9.17, 15) is 9.18 Å². The highest BCUT2D eigenvalue weighted by molar-refractivity contribution is 5.75. The summed E-state index contributed by atoms with van der Waals surface area (Å²) < 4.78 is 12.5. The van der Waals surface area contributed by atoms with Crippen LogP contribution in [0.1, 0.15) is 11.6 Å². The predicted octanol–water partition coefficient (Wildman–Crippen LogP) is 2.26. The largest absolute Gasteiger partial charge is 0.481 e. The van der Waals surface area contributed by atoms with Gasteiger partial charge in [-0.15, -0.1) is 0 Å². The van der Waals surface area contributed by atoms with Crippen LogP contribution in [-0.4, -0.2) is 11.1 Å². The summed E-state index contributed by atoms with van der Waals surface area (Å²) in [7, 11) is 0. The molecule has 0 amide bonds. The fraction of sp³-hybridized carbons (Fsp3) is 0.125. The number of hydrogen-bond acceptors (Lipinski definition) is 2. The van der Waals surface area contributed by atoms with Gasteiger partial charge in [0.2, 0.25) is 0 Å². The van der Waals surface area contributed by atoms with Crippen LogP contribution >= 0.6 is 0 Å². The molecule has 6 heteroatoms. The average molecular weight is 195 g/mol. The van der Waals surface area contributed by atoms with E-state index < -0.39 is 17.8 Å². The molecule has 0 heterocycles. The summed E-state index contributed by atoms with van der Waals surface area (Å²) in [6.45, 7) is 0. The number of carboxylic acid groups (broad SMARTS) is 1. The van der Waals surface area contributed by atoms with Crippen molar-refractivity contribution >= 4 is 5.97 Å². The second-order valence-corrected chi connectivity index (χ2v) is 2.50. The van der Waals surface area contributed by atoms with Crippen molar-refractivity contribution < 1.29 is 14.3 Å². The standard InChI is InChI=1S/C8H6FN3O2/c9-6-3-1-5(2-4-6)7(8(13)14)11-12-10/h1-4,7H,(H,13,14)/t7-/m0/s1. The Bertz CT molecular complexity index is 382. The molecule has 0 aliphatic carbocycles. The first-order chi connectivity index (χ1) is 6.65. The molecule has 1 N–H and O–H groups in total. The third kappa shape index (κ3) is 2.21. The maximum Gasteiger partial charge on any atom is 0.316 e. The van der Waals surface area contributed by atoms with Gasteiger partial charge in [-0.3, -0.25) is 4.79 Å². The van der Waals surface area contributed by atoms with Gasteiger partial charge in [-0.25, -0.2) is 4.39 Å². The number of carboxylic acids is 1. The molecule has 1 aromatic carbocycles. The average Bonchev–Trinajstić information content (AvgIpc) is 2.15. The molecule has 72 valence electrons. The zero-order valence-electron chi connectivity index (χ0n) is 6.96. The lowest BCUT2D eigenvalue weighted by atomic mass is 10.1. The minimum Gasteiger partial charge on any atom is -0.481 e. The Kier molecular flexibility index (Phi) is 3.04. The topological polar surface area (TPSA) is 86.1 Å². The van der Waals surface area contributed by atoms with Gasteiger partial charge in [0.1, 0.15) is 5.82 Å². The minimum atomic E-state index is -1.30. The van der Waals surface area contributed by atoms with Crippen LogP contribution in [0.4, 0.5) is 4.39 Å². The Morgan fingerprint density at radius 1 is 1.50 bits per heavy atom. The SMILES string of the molecule is [N-]=[N+]=N[C@H](C(=O)O)c1ccc(F)cc1. The van der Waals surface area contributed by atoms with E-state index in [2.05, 4.69) is 10.0 Å². The summed E-state index contributed by atoms with van der Waals surface area (Å²) in [5, 5.41) is 11.8. The molecule has 0 aliphatic rings. The molecule has 0 unspecified atom stereocenters. The summed E-state index contributed by atoms with van der Waals surface area (Å²) in [6.07, 6.45) is 0. The van der Waals surface area contributed by atoms with Gasteiger partial charge >= 0.3 is 5.97 Å². The van der Waals surface area contributed by atoms with Crippen LogP contribution in [0.3, 0.4) is 0 Å². The van der Waals surface area contributed by atoms with E-state index in [0.717, 1.165) is 12.1 Å². The lowest BCUT2D eigenvalue weighted by molar-refractivity contribution is -0.138. The maximum atomic E-state index is 12.5. The second kappa shape index (κ2) is 4.25. The van der Waals surface area contributed by atoms with Gasteiger partial charge in [-0.1, -0.05) is 17.2 Å². The van der Waals surface area contributed by atoms with Crippen LogP contribution in [0.5, 0.6) is 0 Å². The quantitative estimate of drug-likeness (QED) is 0.455. The van der Waals surface area contributed by atoms with Crippen molar-refractivity contribution in [1.82, 2.24) is 0 Å². The van der Waals surface area contributed by atoms with Crippen LogP contribution in [0.2, 0.25) is 0 Å². The van der Waals surface area contributed by atoms with Gasteiger partial charge in [-0.05, 0) is 23.2 Å². The number of hydrogen-bond donors (Lipinski definition) is 1. The Labute approximate surface area is 78.4 Å². The van der Waals surface area contributed by atoms with Crippen molar-refractivity contribution in [2.75, 3.05) is 0 Å². The van der Waals surface area contributed by atoms with Crippen LogP contribution in [-0.2, 0) is 4.79 Å². The van der Waals surface area contributed by atoms with E-state index in [1.54, 1.807) is 0 Å². The number of nitrogens with zero attached hydrogens (tertiary/aromatic N) is 3. The van der Waals surface area contributed by atoms with Crippen molar-refractivity contribution in [3.63, 3.8) is 0 Å². The van der Waals surface area contributed by atoms with Crippen LogP contribution in [0.15, 0.2) is 29.4 Å². The molecule has 0 saturated heterocycles. The molecule has 0 bridgehead atoms. The normalized spacial score (nSPS) is 11.5. The van der Waals surface area contributed by atoms with Crippen molar-refractivity contribution in [2.24, 2.45) is 5.11 Å². The first-order valence-corrected chi connectivity index (χ1v) is 3.67. The predicted molar refractivity (Wildman–Crippen MR) is 45.9 cm³/mol. The number of carbonyl (C=O) groups is 1. The van der Waals surface area contributed by atoms with Gasteiger partial charge in [0, 0.05) is 4.91 Å². The molecule has 5 nitrogen and oxygen atoms in total. The third-order valence-corrected chi connectivity index (χ3v) is 1.59. The molecule has 0 aromatic heterocycles. The molecule has 1 rings (SSSR count). The number of halogens is 1. The highest BCUT2D eigenvalue weighted by Crippen LogP contribution is 2.18. The summed E-state index contributed by atoms with van der Waals surface area (Å²) in [5.41, 5.74) is 8.37. The zero-order chi connectivity index (χ0) is 10.6. The van der Waals surface area contributed by atoms with Crippen LogP contribution in [0.25, 0.3) is 10.4 Å². The van der Waals surface area contributed by atoms with Crippen molar-refractivity contribution in [3.8, 4) is 0 Å². The summed E-state index contributed by atoms with van der Waals surface area (Å²) in [5.74, 6) is -1.74. The maximum absolute atomic E-state index is 12.5. The fourth-order valence-electron chi connectivity index (χ4n) is 0.955. The van der Waals surface area contributed by atoms with E-state index in [4.69, 9.17) is 10.6 Å². The van der Waals surface area contributed by atoms with E-state index in [1.165, 1.54) is 12.1 Å². The minimum absolute atomic E-state index is 0.247. The molecule has 0 saturated carbocycles. The highest BCUT2D eigenvalue weighted by Gasteiger charge is 2.17. The molecular formula is C8H6FN3O2. The van der Waals surface area contributed by atoms with Gasteiger partial charge in [0.25, 0.3) is 0 Å². The van der Waals surface area contributed by atoms with Gasteiger partial charge in [0.05, 0.1) is 0 Å². The number of azide groups is 1. The molecule has 0 aliphatic heterocycles. The van der Waals surface area contributed by atoms with Gasteiger partial charge < -0.3 is 5.11 Å². The fourth-order valence-corrected chi connectivity index (χ4v) is 0.955. The Balaban J connectivity index is 3.05. The smallest absolute Gasteiger partial charge is 0.316 e. The lowest BCUT2D eigenvalue weighted by Gasteiger charge is -2.04. The monoisotopic (exact) mass is 195 g/mol. The third-order valence-electron chi connectivity index (χ3n) is 1.59. The Morgan fingerprint density at radius 2 is 2.07 bits per heavy atom. The van der Waals surface area contributed by atoms with Crippen molar-refractivity contribution in [3.05, 3.63) is 46.1 Å². The van der Waals surface area contributed by atoms with Gasteiger partial charge in [-0.2, -0.15) is 0 Å². The molecule has 0 fully saturated rings. The Morgan fingerprint density at radius 3 is 2.50 bits per heavy atom. The molecule has 1 aromatic rings. The molecule has 14 heavy (non-hydrogen) atoms. The van der Waals surface area contributed by atoms with Crippen LogP contribution < -0.4 is 0 Å². The first-order valence-electron chi connectivity index (χ1n) is 3.67. The van der Waals surface area contributed by atoms with E-state index in [-0.39, 0.29) is 5.56 Å².